The predicted molar refractivity (Wildman–Crippen MR) is 91.7 cm³/mol. The summed E-state index contributed by atoms with van der Waals surface area (Å²) in [6, 6.07) is 19.4. The molecule has 0 aliphatic carbocycles. The Morgan fingerprint density at radius 1 is 0.700 bits per heavy atom. The van der Waals surface area contributed by atoms with E-state index in [1.165, 1.54) is 0 Å². The summed E-state index contributed by atoms with van der Waals surface area (Å²) in [4.78, 5) is 12.2. The van der Waals surface area contributed by atoms with Crippen molar-refractivity contribution in [1.29, 1.82) is 0 Å². The maximum absolute atomic E-state index is 12.2. The van der Waals surface area contributed by atoms with Crippen molar-refractivity contribution < 1.29 is 4.79 Å². The van der Waals surface area contributed by atoms with Gasteiger partial charge in [-0.15, -0.1) is 0 Å². The fourth-order valence-electron chi connectivity index (χ4n) is 1.64. The van der Waals surface area contributed by atoms with Crippen molar-refractivity contribution in [2.75, 3.05) is 0 Å². The lowest BCUT2D eigenvalue weighted by Crippen LogP contribution is -1.96. The van der Waals surface area contributed by atoms with Crippen LogP contribution in [0.2, 0.25) is 0 Å². The molecule has 0 aromatic heterocycles. The molecule has 20 heavy (non-hydrogen) atoms. The van der Waals surface area contributed by atoms with Crippen molar-refractivity contribution in [3.05, 3.63) is 80.8 Å². The lowest BCUT2D eigenvalue weighted by molar-refractivity contribution is -0.110. The zero-order valence-corrected chi connectivity index (χ0v) is 13.8. The maximum Gasteiger partial charge on any atom is 0.206 e. The Hall–Kier alpha value is -1.45. The van der Waals surface area contributed by atoms with E-state index in [0.29, 0.717) is 8.96 Å². The van der Waals surface area contributed by atoms with Crippen molar-refractivity contribution in [1.82, 2.24) is 0 Å². The molecule has 0 radical (unpaired) electrons. The lowest BCUT2D eigenvalue weighted by atomic mass is 10.1. The summed E-state index contributed by atoms with van der Waals surface area (Å²) >= 11 is 6.67. The summed E-state index contributed by atoms with van der Waals surface area (Å²) in [6.45, 7) is 0. The van der Waals surface area contributed by atoms with E-state index in [9.17, 15) is 4.79 Å². The van der Waals surface area contributed by atoms with Gasteiger partial charge in [-0.2, -0.15) is 0 Å². The van der Waals surface area contributed by atoms with Crippen LogP contribution in [0.5, 0.6) is 0 Å². The van der Waals surface area contributed by atoms with Crippen LogP contribution in [0.15, 0.2) is 69.6 Å². The van der Waals surface area contributed by atoms with Crippen LogP contribution >= 0.6 is 31.9 Å². The third kappa shape index (κ3) is 4.29. The number of benzene rings is 2. The Labute approximate surface area is 135 Å². The minimum atomic E-state index is -0.0855. The van der Waals surface area contributed by atoms with E-state index >= 15 is 0 Å². The summed E-state index contributed by atoms with van der Waals surface area (Å²) in [6.07, 6.45) is 3.62. The topological polar surface area (TPSA) is 17.1 Å². The van der Waals surface area contributed by atoms with Crippen LogP contribution in [0.3, 0.4) is 0 Å². The maximum atomic E-state index is 12.2. The molecular weight excluding hydrogens is 380 g/mol. The molecular formula is C17H12Br2O. The molecule has 2 aromatic carbocycles. The molecule has 0 spiro atoms. The van der Waals surface area contributed by atoms with Crippen LogP contribution in [0.25, 0.3) is 12.2 Å². The van der Waals surface area contributed by atoms with Gasteiger partial charge in [-0.3, -0.25) is 4.79 Å². The largest absolute Gasteiger partial charge is 0.287 e. The Bertz CT molecular complexity index is 586. The van der Waals surface area contributed by atoms with Gasteiger partial charge in [0, 0.05) is 0 Å². The average Bonchev–Trinajstić information content (AvgIpc) is 2.48. The number of carbonyl (C=O) groups is 1. The molecule has 0 aliphatic rings. The minimum absolute atomic E-state index is 0.0855. The molecule has 0 unspecified atom stereocenters. The standard InChI is InChI=1S/C17H12Br2O/c18-15(11-13-7-3-1-4-8-13)17(20)16(19)12-14-9-5-2-6-10-14/h1-12H/b15-11-,16-12+. The van der Waals surface area contributed by atoms with E-state index in [-0.39, 0.29) is 5.78 Å². The van der Waals surface area contributed by atoms with E-state index in [1.54, 1.807) is 0 Å². The summed E-state index contributed by atoms with van der Waals surface area (Å²) in [5, 5.41) is 0. The summed E-state index contributed by atoms with van der Waals surface area (Å²) in [7, 11) is 0. The van der Waals surface area contributed by atoms with Gasteiger partial charge in [-0.25, -0.2) is 0 Å². The number of hydrogen-bond acceptors (Lipinski definition) is 1. The minimum Gasteiger partial charge on any atom is -0.287 e. The molecule has 0 amide bonds. The smallest absolute Gasteiger partial charge is 0.206 e. The molecule has 0 atom stereocenters. The normalized spacial score (nSPS) is 12.3. The Morgan fingerprint density at radius 2 is 1.05 bits per heavy atom. The molecule has 1 nitrogen and oxygen atoms in total. The molecule has 0 fully saturated rings. The highest BCUT2D eigenvalue weighted by molar-refractivity contribution is 9.13. The fourth-order valence-corrected chi connectivity index (χ4v) is 2.86. The van der Waals surface area contributed by atoms with Crippen molar-refractivity contribution in [3.63, 3.8) is 0 Å². The molecule has 0 bridgehead atoms. The predicted octanol–water partition coefficient (Wildman–Crippen LogP) is 5.43. The van der Waals surface area contributed by atoms with Crippen LogP contribution in [-0.4, -0.2) is 5.78 Å². The number of Topliss-reactive ketones (excluding diaryl/α,β-unsaturated/α-hetero) is 1. The number of hydrogen-bond donors (Lipinski definition) is 0. The van der Waals surface area contributed by atoms with Crippen LogP contribution in [0.1, 0.15) is 11.1 Å². The third-order valence-electron chi connectivity index (χ3n) is 2.62. The number of ketones is 1. The number of carbonyl (C=O) groups excluding carboxylic acids is 1. The lowest BCUT2D eigenvalue weighted by Gasteiger charge is -2.00. The van der Waals surface area contributed by atoms with Crippen molar-refractivity contribution in [2.24, 2.45) is 0 Å². The summed E-state index contributed by atoms with van der Waals surface area (Å²) in [5.41, 5.74) is 1.96. The van der Waals surface area contributed by atoms with E-state index in [0.717, 1.165) is 11.1 Å². The van der Waals surface area contributed by atoms with Gasteiger partial charge in [0.15, 0.2) is 0 Å². The first-order valence-corrected chi connectivity index (χ1v) is 7.64. The highest BCUT2D eigenvalue weighted by Crippen LogP contribution is 2.22. The second-order valence-electron chi connectivity index (χ2n) is 4.14. The van der Waals surface area contributed by atoms with E-state index in [1.807, 2.05) is 72.8 Å². The molecule has 0 saturated carbocycles. The zero-order valence-electron chi connectivity index (χ0n) is 10.6. The second-order valence-corrected chi connectivity index (χ2v) is 5.84. The summed E-state index contributed by atoms with van der Waals surface area (Å²) < 4.78 is 1.03. The van der Waals surface area contributed by atoms with Crippen LogP contribution in [0.4, 0.5) is 0 Å². The molecule has 2 aromatic rings. The Balaban J connectivity index is 2.19. The molecule has 0 heterocycles. The van der Waals surface area contributed by atoms with Gasteiger partial charge in [-0.1, -0.05) is 60.7 Å². The van der Waals surface area contributed by atoms with Gasteiger partial charge in [0.05, 0.1) is 8.96 Å². The number of halogens is 2. The molecule has 100 valence electrons. The summed E-state index contributed by atoms with van der Waals surface area (Å²) in [5.74, 6) is -0.0855. The van der Waals surface area contributed by atoms with Gasteiger partial charge < -0.3 is 0 Å². The fraction of sp³-hybridized carbons (Fsp3) is 0. The highest BCUT2D eigenvalue weighted by Gasteiger charge is 2.10. The van der Waals surface area contributed by atoms with Crippen LogP contribution < -0.4 is 0 Å². The quantitative estimate of drug-likeness (QED) is 0.635. The second kappa shape index (κ2) is 7.36. The van der Waals surface area contributed by atoms with E-state index in [4.69, 9.17) is 0 Å². The number of rotatable bonds is 4. The first kappa shape index (κ1) is 14.9. The molecule has 0 N–H and O–H groups in total. The van der Waals surface area contributed by atoms with E-state index in [2.05, 4.69) is 31.9 Å². The van der Waals surface area contributed by atoms with Gasteiger partial charge in [-0.05, 0) is 55.1 Å². The first-order valence-electron chi connectivity index (χ1n) is 6.06. The van der Waals surface area contributed by atoms with Crippen molar-refractivity contribution in [3.8, 4) is 0 Å². The van der Waals surface area contributed by atoms with E-state index < -0.39 is 0 Å². The first-order chi connectivity index (χ1) is 9.66. The van der Waals surface area contributed by atoms with Gasteiger partial charge in [0.2, 0.25) is 5.78 Å². The number of allylic oxidation sites excluding steroid dienone is 2. The van der Waals surface area contributed by atoms with Gasteiger partial charge in [0.1, 0.15) is 0 Å². The SMILES string of the molecule is O=C(/C(Br)=C/c1ccccc1)/C(Br)=C\c1ccccc1. The van der Waals surface area contributed by atoms with Crippen molar-refractivity contribution >= 4 is 49.8 Å². The Kier molecular flexibility index (Phi) is 5.50. The monoisotopic (exact) mass is 390 g/mol. The van der Waals surface area contributed by atoms with Gasteiger partial charge >= 0.3 is 0 Å². The Morgan fingerprint density at radius 3 is 1.40 bits per heavy atom. The molecule has 0 aliphatic heterocycles. The average molecular weight is 392 g/mol. The van der Waals surface area contributed by atoms with Crippen LogP contribution in [0, 0.1) is 0 Å². The zero-order chi connectivity index (χ0) is 14.4. The van der Waals surface area contributed by atoms with Gasteiger partial charge in [0.25, 0.3) is 0 Å². The van der Waals surface area contributed by atoms with Crippen LogP contribution in [-0.2, 0) is 4.79 Å². The third-order valence-corrected chi connectivity index (χ3v) is 3.80. The highest BCUT2D eigenvalue weighted by atomic mass is 79.9. The molecule has 0 saturated heterocycles. The van der Waals surface area contributed by atoms with Crippen molar-refractivity contribution in [2.45, 2.75) is 0 Å². The molecule has 3 heteroatoms. The molecule has 2 rings (SSSR count).